The fraction of sp³-hybridized carbons (Fsp3) is 0.304. The summed E-state index contributed by atoms with van der Waals surface area (Å²) in [5.74, 6) is -1.84. The lowest BCUT2D eigenvalue weighted by Gasteiger charge is -2.12. The van der Waals surface area contributed by atoms with Gasteiger partial charge in [0.15, 0.2) is 0 Å². The summed E-state index contributed by atoms with van der Waals surface area (Å²) < 4.78 is 17.9. The first-order chi connectivity index (χ1) is 15.4. The van der Waals surface area contributed by atoms with Crippen LogP contribution < -0.4 is 10.6 Å². The molecular weight excluding hydrogens is 417 g/mol. The summed E-state index contributed by atoms with van der Waals surface area (Å²) in [6.07, 6.45) is 0.637. The molecule has 0 radical (unpaired) electrons. The van der Waals surface area contributed by atoms with Crippen LogP contribution in [0.4, 0.5) is 4.39 Å². The minimum Gasteiger partial charge on any atom is -0.385 e. The van der Waals surface area contributed by atoms with Gasteiger partial charge in [0.25, 0.3) is 17.7 Å². The number of hydrogen-bond donors (Lipinski definition) is 2. The summed E-state index contributed by atoms with van der Waals surface area (Å²) in [5, 5.41) is 5.34. The van der Waals surface area contributed by atoms with E-state index in [0.29, 0.717) is 18.6 Å². The number of fused-ring (bicyclic) bond motifs is 1. The first-order valence-corrected chi connectivity index (χ1v) is 10.2. The molecule has 4 amide bonds. The van der Waals surface area contributed by atoms with Crippen molar-refractivity contribution in [2.75, 3.05) is 33.4 Å². The van der Waals surface area contributed by atoms with Crippen molar-refractivity contribution in [2.24, 2.45) is 0 Å². The van der Waals surface area contributed by atoms with Crippen molar-refractivity contribution in [1.82, 2.24) is 15.5 Å². The quantitative estimate of drug-likeness (QED) is 0.430. The van der Waals surface area contributed by atoms with Gasteiger partial charge >= 0.3 is 0 Å². The number of amides is 4. The number of ether oxygens (including phenoxy) is 1. The van der Waals surface area contributed by atoms with Crippen LogP contribution in [0.2, 0.25) is 0 Å². The van der Waals surface area contributed by atoms with Crippen LogP contribution in [0, 0.1) is 5.82 Å². The number of methoxy groups -OCH3 is 1. The molecule has 0 aliphatic carbocycles. The predicted molar refractivity (Wildman–Crippen MR) is 114 cm³/mol. The van der Waals surface area contributed by atoms with Crippen molar-refractivity contribution in [3.8, 4) is 0 Å². The molecule has 8 nitrogen and oxygen atoms in total. The Hall–Kier alpha value is -3.59. The smallest absolute Gasteiger partial charge is 0.261 e. The molecule has 2 aromatic rings. The lowest BCUT2D eigenvalue weighted by atomic mass is 10.1. The summed E-state index contributed by atoms with van der Waals surface area (Å²) in [5.41, 5.74) is 1.41. The van der Waals surface area contributed by atoms with E-state index in [1.807, 2.05) is 0 Å². The van der Waals surface area contributed by atoms with Crippen molar-refractivity contribution < 1.29 is 28.3 Å². The first-order valence-electron chi connectivity index (χ1n) is 10.2. The van der Waals surface area contributed by atoms with Gasteiger partial charge in [-0.2, -0.15) is 0 Å². The van der Waals surface area contributed by atoms with Gasteiger partial charge < -0.3 is 15.4 Å². The first kappa shape index (κ1) is 23.1. The number of rotatable bonds is 10. The fourth-order valence-electron chi connectivity index (χ4n) is 3.33. The fourth-order valence-corrected chi connectivity index (χ4v) is 3.33. The van der Waals surface area contributed by atoms with Gasteiger partial charge in [0, 0.05) is 38.9 Å². The summed E-state index contributed by atoms with van der Waals surface area (Å²) in [6, 6.07) is 10.0. The van der Waals surface area contributed by atoms with Crippen molar-refractivity contribution in [2.45, 2.75) is 12.8 Å². The van der Waals surface area contributed by atoms with Crippen molar-refractivity contribution >= 4 is 23.6 Å². The van der Waals surface area contributed by atoms with Crippen LogP contribution in [0.25, 0.3) is 0 Å². The van der Waals surface area contributed by atoms with Crippen molar-refractivity contribution in [3.63, 3.8) is 0 Å². The summed E-state index contributed by atoms with van der Waals surface area (Å²) in [7, 11) is 1.55. The van der Waals surface area contributed by atoms with E-state index in [1.54, 1.807) is 7.11 Å². The van der Waals surface area contributed by atoms with Crippen LogP contribution in [0.1, 0.15) is 43.1 Å². The molecule has 32 heavy (non-hydrogen) atoms. The molecule has 1 heterocycles. The molecule has 168 valence electrons. The van der Waals surface area contributed by atoms with E-state index in [2.05, 4.69) is 10.6 Å². The largest absolute Gasteiger partial charge is 0.385 e. The van der Waals surface area contributed by atoms with E-state index >= 15 is 0 Å². The molecule has 1 aliphatic rings. The van der Waals surface area contributed by atoms with Gasteiger partial charge in [-0.25, -0.2) is 4.39 Å². The number of benzene rings is 2. The molecule has 0 bridgehead atoms. The molecule has 0 aromatic heterocycles. The van der Waals surface area contributed by atoms with Gasteiger partial charge in [-0.15, -0.1) is 0 Å². The van der Waals surface area contributed by atoms with Gasteiger partial charge in [0.05, 0.1) is 17.5 Å². The zero-order valence-electron chi connectivity index (χ0n) is 17.7. The maximum Gasteiger partial charge on any atom is 0.261 e. The van der Waals surface area contributed by atoms with Crippen molar-refractivity contribution in [1.29, 1.82) is 0 Å². The van der Waals surface area contributed by atoms with E-state index in [0.717, 1.165) is 4.90 Å². The third kappa shape index (κ3) is 5.55. The number of halogens is 1. The van der Waals surface area contributed by atoms with Gasteiger partial charge in [0.2, 0.25) is 5.91 Å². The highest BCUT2D eigenvalue weighted by molar-refractivity contribution is 6.22. The summed E-state index contributed by atoms with van der Waals surface area (Å²) >= 11 is 0. The Morgan fingerprint density at radius 2 is 1.66 bits per heavy atom. The molecule has 0 fully saturated rings. The topological polar surface area (TPSA) is 105 Å². The van der Waals surface area contributed by atoms with Gasteiger partial charge in [-0.3, -0.25) is 24.1 Å². The van der Waals surface area contributed by atoms with Gasteiger partial charge in [-0.1, -0.05) is 12.1 Å². The molecule has 9 heteroatoms. The molecule has 0 spiro atoms. The van der Waals surface area contributed by atoms with E-state index in [1.165, 1.54) is 42.5 Å². The minimum atomic E-state index is -0.427. The highest BCUT2D eigenvalue weighted by Crippen LogP contribution is 2.24. The van der Waals surface area contributed by atoms with E-state index < -0.39 is 11.8 Å². The number of carbonyl (C=O) groups excluding carboxylic acids is 4. The summed E-state index contributed by atoms with van der Waals surface area (Å²) in [6.45, 7) is 1.07. The molecule has 3 rings (SSSR count). The number of nitrogens with one attached hydrogen (secondary N) is 2. The molecule has 2 N–H and O–H groups in total. The van der Waals surface area contributed by atoms with E-state index in [9.17, 15) is 23.6 Å². The van der Waals surface area contributed by atoms with Gasteiger partial charge in [0.1, 0.15) is 5.82 Å². The maximum absolute atomic E-state index is 12.9. The molecule has 0 atom stereocenters. The molecule has 2 aromatic carbocycles. The Morgan fingerprint density at radius 1 is 0.969 bits per heavy atom. The van der Waals surface area contributed by atoms with Gasteiger partial charge in [-0.05, 0) is 42.3 Å². The molecule has 0 saturated heterocycles. The molecule has 1 aliphatic heterocycles. The average Bonchev–Trinajstić information content (AvgIpc) is 3.02. The predicted octanol–water partition coefficient (Wildman–Crippen LogP) is 1.55. The number of hydrogen-bond acceptors (Lipinski definition) is 5. The van der Waals surface area contributed by atoms with Crippen LogP contribution in [0.5, 0.6) is 0 Å². The Morgan fingerprint density at radius 3 is 2.38 bits per heavy atom. The van der Waals surface area contributed by atoms with Crippen LogP contribution in [-0.2, 0) is 16.0 Å². The average molecular weight is 441 g/mol. The SMILES string of the molecule is COCCCN1C(=O)c2ccc(C(=O)NCCNC(=O)Cc3ccc(F)cc3)cc2C1=O. The Labute approximate surface area is 184 Å². The monoisotopic (exact) mass is 441 g/mol. The molecule has 0 unspecified atom stereocenters. The highest BCUT2D eigenvalue weighted by atomic mass is 19.1. The van der Waals surface area contributed by atoms with Crippen LogP contribution in [0.3, 0.4) is 0 Å². The lowest BCUT2D eigenvalue weighted by molar-refractivity contribution is -0.120. The second-order valence-corrected chi connectivity index (χ2v) is 7.28. The second kappa shape index (κ2) is 10.6. The van der Waals surface area contributed by atoms with E-state index in [4.69, 9.17) is 4.74 Å². The number of carbonyl (C=O) groups is 4. The van der Waals surface area contributed by atoms with Crippen LogP contribution in [-0.4, -0.2) is 61.9 Å². The van der Waals surface area contributed by atoms with Crippen molar-refractivity contribution in [3.05, 3.63) is 70.5 Å². The Bertz CT molecular complexity index is 1020. The zero-order valence-corrected chi connectivity index (χ0v) is 17.7. The second-order valence-electron chi connectivity index (χ2n) is 7.28. The van der Waals surface area contributed by atoms with E-state index in [-0.39, 0.29) is 60.4 Å². The maximum atomic E-state index is 12.9. The Kier molecular flexibility index (Phi) is 7.67. The number of imide groups is 1. The van der Waals surface area contributed by atoms with Crippen LogP contribution in [0.15, 0.2) is 42.5 Å². The minimum absolute atomic E-state index is 0.107. The molecular formula is C23H24FN3O5. The normalized spacial score (nSPS) is 12.6. The standard InChI is InChI=1S/C23H24FN3O5/c1-32-12-2-11-27-22(30)18-8-5-16(14-19(18)23(27)31)21(29)26-10-9-25-20(28)13-15-3-6-17(24)7-4-15/h3-8,14H,2,9-13H2,1H3,(H,25,28)(H,26,29). The lowest BCUT2D eigenvalue weighted by Crippen LogP contribution is -2.35. The highest BCUT2D eigenvalue weighted by Gasteiger charge is 2.35. The zero-order chi connectivity index (χ0) is 23.1. The summed E-state index contributed by atoms with van der Waals surface area (Å²) in [4.78, 5) is 50.4. The molecule has 0 saturated carbocycles. The van der Waals surface area contributed by atoms with Crippen LogP contribution >= 0.6 is 0 Å². The third-order valence-corrected chi connectivity index (χ3v) is 4.97. The Balaban J connectivity index is 1.48. The third-order valence-electron chi connectivity index (χ3n) is 4.97. The number of nitrogens with zero attached hydrogens (tertiary/aromatic N) is 1.